The van der Waals surface area contributed by atoms with Crippen LogP contribution in [-0.2, 0) is 27.4 Å². The maximum absolute atomic E-state index is 11.5. The van der Waals surface area contributed by atoms with E-state index in [2.05, 4.69) is 57.8 Å². The first-order valence-corrected chi connectivity index (χ1v) is 13.4. The molecule has 2 aromatic heterocycles. The molecule has 0 aliphatic carbocycles. The summed E-state index contributed by atoms with van der Waals surface area (Å²) in [6.45, 7) is 7.91. The number of carbonyl (C=O) groups excluding carboxylic acids is 1. The Labute approximate surface area is 211 Å². The molecule has 3 aromatic rings. The standard InChI is InChI=1S/C26H35N5O3S/c1-3-21-14-19(16-31-9-8-20-6-4-5-7-22(20)31)15-23(34-21)26-27-24(35-28-26)17-29-10-12-30(13-11-29)18-25(32)33-2/h4-9,19,21,23H,3,10-18H2,1-2H3. The molecule has 0 bridgehead atoms. The van der Waals surface area contributed by atoms with Crippen LogP contribution in [0.3, 0.4) is 0 Å². The summed E-state index contributed by atoms with van der Waals surface area (Å²) < 4.78 is 18.3. The van der Waals surface area contributed by atoms with E-state index in [-0.39, 0.29) is 18.2 Å². The van der Waals surface area contributed by atoms with Gasteiger partial charge in [-0.15, -0.1) is 0 Å². The molecule has 188 valence electrons. The number of rotatable bonds is 8. The molecule has 9 heteroatoms. The minimum atomic E-state index is -0.173. The van der Waals surface area contributed by atoms with E-state index in [9.17, 15) is 4.79 Å². The molecule has 5 rings (SSSR count). The van der Waals surface area contributed by atoms with Crippen molar-refractivity contribution in [2.45, 2.75) is 51.5 Å². The maximum atomic E-state index is 11.5. The van der Waals surface area contributed by atoms with E-state index in [0.717, 1.165) is 69.4 Å². The zero-order chi connectivity index (χ0) is 24.2. The number of carbonyl (C=O) groups is 1. The van der Waals surface area contributed by atoms with E-state index < -0.39 is 0 Å². The molecule has 0 saturated carbocycles. The number of nitrogens with zero attached hydrogens (tertiary/aromatic N) is 5. The first kappa shape index (κ1) is 24.4. The SMILES string of the molecule is CCC1CC(Cn2ccc3ccccc32)CC(c2nsc(CN3CCN(CC(=O)OC)CC3)n2)O1. The Hall–Kier alpha value is -2.33. The number of para-hydroxylation sites is 1. The number of piperazine rings is 1. The molecular formula is C26H35N5O3S. The normalized spacial score (nSPS) is 24.1. The molecule has 0 N–H and O–H groups in total. The number of ether oxygens (including phenoxy) is 2. The third-order valence-electron chi connectivity index (χ3n) is 7.27. The summed E-state index contributed by atoms with van der Waals surface area (Å²) in [6, 6.07) is 10.8. The number of hydrogen-bond donors (Lipinski definition) is 0. The van der Waals surface area contributed by atoms with Crippen molar-refractivity contribution in [1.82, 2.24) is 23.7 Å². The topological polar surface area (TPSA) is 72.7 Å². The second kappa shape index (κ2) is 11.2. The summed E-state index contributed by atoms with van der Waals surface area (Å²) in [7, 11) is 1.44. The molecule has 2 aliphatic heterocycles. The molecule has 3 unspecified atom stereocenters. The Morgan fingerprint density at radius 2 is 1.94 bits per heavy atom. The van der Waals surface area contributed by atoms with Gasteiger partial charge in [-0.05, 0) is 54.2 Å². The Kier molecular flexibility index (Phi) is 7.77. The molecule has 4 heterocycles. The summed E-state index contributed by atoms with van der Waals surface area (Å²) in [5.41, 5.74) is 1.30. The fourth-order valence-electron chi connectivity index (χ4n) is 5.28. The molecule has 0 spiro atoms. The van der Waals surface area contributed by atoms with Gasteiger partial charge >= 0.3 is 5.97 Å². The molecule has 2 aliphatic rings. The van der Waals surface area contributed by atoms with Crippen LogP contribution in [0.25, 0.3) is 10.9 Å². The average Bonchev–Trinajstić information content (AvgIpc) is 3.52. The summed E-state index contributed by atoms with van der Waals surface area (Å²) >= 11 is 1.49. The largest absolute Gasteiger partial charge is 0.468 e. The number of hydrogen-bond acceptors (Lipinski definition) is 8. The quantitative estimate of drug-likeness (QED) is 0.439. The smallest absolute Gasteiger partial charge is 0.319 e. The average molecular weight is 498 g/mol. The third kappa shape index (κ3) is 5.91. The molecule has 0 radical (unpaired) electrons. The Morgan fingerprint density at radius 1 is 1.14 bits per heavy atom. The Balaban J connectivity index is 1.19. The van der Waals surface area contributed by atoms with Crippen LogP contribution in [0.1, 0.15) is 43.1 Å². The zero-order valence-corrected chi connectivity index (χ0v) is 21.5. The van der Waals surface area contributed by atoms with Crippen LogP contribution in [0.15, 0.2) is 36.5 Å². The highest BCUT2D eigenvalue weighted by Gasteiger charge is 2.32. The second-order valence-electron chi connectivity index (χ2n) is 9.69. The third-order valence-corrected chi connectivity index (χ3v) is 7.98. The number of fused-ring (bicyclic) bond motifs is 1. The fourth-order valence-corrected chi connectivity index (χ4v) is 6.01. The van der Waals surface area contributed by atoms with Gasteiger partial charge in [-0.3, -0.25) is 14.6 Å². The lowest BCUT2D eigenvalue weighted by molar-refractivity contribution is -0.142. The van der Waals surface area contributed by atoms with E-state index in [1.165, 1.54) is 29.5 Å². The highest BCUT2D eigenvalue weighted by Crippen LogP contribution is 2.36. The van der Waals surface area contributed by atoms with Crippen molar-refractivity contribution in [3.05, 3.63) is 47.4 Å². The second-order valence-corrected chi connectivity index (χ2v) is 10.5. The molecule has 3 atom stereocenters. The highest BCUT2D eigenvalue weighted by atomic mass is 32.1. The summed E-state index contributed by atoms with van der Waals surface area (Å²) in [5, 5.41) is 2.33. The van der Waals surface area contributed by atoms with Gasteiger partial charge in [0, 0.05) is 44.4 Å². The van der Waals surface area contributed by atoms with Crippen molar-refractivity contribution in [3.8, 4) is 0 Å². The van der Waals surface area contributed by atoms with Crippen molar-refractivity contribution in [3.63, 3.8) is 0 Å². The van der Waals surface area contributed by atoms with Crippen molar-refractivity contribution in [2.75, 3.05) is 39.8 Å². The van der Waals surface area contributed by atoms with Gasteiger partial charge in [0.2, 0.25) is 0 Å². The van der Waals surface area contributed by atoms with Crippen LogP contribution in [-0.4, -0.2) is 75.6 Å². The first-order valence-electron chi connectivity index (χ1n) is 12.6. The molecule has 35 heavy (non-hydrogen) atoms. The van der Waals surface area contributed by atoms with Crippen LogP contribution in [0.4, 0.5) is 0 Å². The number of methoxy groups -OCH3 is 1. The van der Waals surface area contributed by atoms with E-state index >= 15 is 0 Å². The van der Waals surface area contributed by atoms with Crippen LogP contribution in [0, 0.1) is 5.92 Å². The number of benzene rings is 1. The lowest BCUT2D eigenvalue weighted by Crippen LogP contribution is -2.47. The molecule has 1 aromatic carbocycles. The fraction of sp³-hybridized carbons (Fsp3) is 0.577. The van der Waals surface area contributed by atoms with Gasteiger partial charge in [0.05, 0.1) is 26.3 Å². The van der Waals surface area contributed by atoms with Crippen LogP contribution in [0.5, 0.6) is 0 Å². The highest BCUT2D eigenvalue weighted by molar-refractivity contribution is 7.05. The van der Waals surface area contributed by atoms with Crippen LogP contribution >= 0.6 is 11.5 Å². The van der Waals surface area contributed by atoms with Gasteiger partial charge in [-0.25, -0.2) is 4.98 Å². The lowest BCUT2D eigenvalue weighted by atomic mass is 9.90. The number of esters is 1. The maximum Gasteiger partial charge on any atom is 0.319 e. The zero-order valence-electron chi connectivity index (χ0n) is 20.6. The first-order chi connectivity index (χ1) is 17.1. The molecule has 8 nitrogen and oxygen atoms in total. The number of aromatic nitrogens is 3. The monoisotopic (exact) mass is 497 g/mol. The molecule has 2 saturated heterocycles. The van der Waals surface area contributed by atoms with Gasteiger partial charge in [0.15, 0.2) is 5.82 Å². The van der Waals surface area contributed by atoms with Crippen LogP contribution < -0.4 is 0 Å². The van der Waals surface area contributed by atoms with Gasteiger partial charge in [0.1, 0.15) is 11.1 Å². The van der Waals surface area contributed by atoms with Crippen molar-refractivity contribution in [1.29, 1.82) is 0 Å². The van der Waals surface area contributed by atoms with E-state index in [1.807, 2.05) is 0 Å². The molecular weight excluding hydrogens is 462 g/mol. The molecule has 0 amide bonds. The summed E-state index contributed by atoms with van der Waals surface area (Å²) in [6.07, 6.45) is 5.45. The van der Waals surface area contributed by atoms with E-state index in [4.69, 9.17) is 18.8 Å². The Morgan fingerprint density at radius 3 is 2.74 bits per heavy atom. The van der Waals surface area contributed by atoms with E-state index in [0.29, 0.717) is 12.5 Å². The van der Waals surface area contributed by atoms with Gasteiger partial charge in [0.25, 0.3) is 0 Å². The minimum Gasteiger partial charge on any atom is -0.468 e. The summed E-state index contributed by atoms with van der Waals surface area (Å²) in [5.74, 6) is 1.20. The van der Waals surface area contributed by atoms with Crippen LogP contribution in [0.2, 0.25) is 0 Å². The van der Waals surface area contributed by atoms with Gasteiger partial charge in [-0.2, -0.15) is 4.37 Å². The summed E-state index contributed by atoms with van der Waals surface area (Å²) in [4.78, 5) is 20.9. The van der Waals surface area contributed by atoms with Gasteiger partial charge in [-0.1, -0.05) is 25.1 Å². The van der Waals surface area contributed by atoms with Gasteiger partial charge < -0.3 is 14.0 Å². The van der Waals surface area contributed by atoms with E-state index in [1.54, 1.807) is 0 Å². The predicted octanol–water partition coefficient (Wildman–Crippen LogP) is 3.73. The van der Waals surface area contributed by atoms with Crippen molar-refractivity contribution in [2.24, 2.45) is 5.92 Å². The van der Waals surface area contributed by atoms with Crippen molar-refractivity contribution >= 4 is 28.4 Å². The lowest BCUT2D eigenvalue weighted by Gasteiger charge is -2.34. The Bertz CT molecular complexity index is 1120. The predicted molar refractivity (Wildman–Crippen MR) is 136 cm³/mol. The van der Waals surface area contributed by atoms with Crippen molar-refractivity contribution < 1.29 is 14.3 Å². The minimum absolute atomic E-state index is 0.0394. The molecule has 2 fully saturated rings.